The van der Waals surface area contributed by atoms with Crippen molar-refractivity contribution in [3.05, 3.63) is 0 Å². The van der Waals surface area contributed by atoms with Gasteiger partial charge in [-0.2, -0.15) is 0 Å². The van der Waals surface area contributed by atoms with Gasteiger partial charge in [-0.1, -0.05) is 39.0 Å². The third-order valence-electron chi connectivity index (χ3n) is 3.11. The molecular formula is C11H20O. The van der Waals surface area contributed by atoms with E-state index in [9.17, 15) is 4.79 Å². The molecule has 0 bridgehead atoms. The lowest BCUT2D eigenvalue weighted by atomic mass is 9.82. The summed E-state index contributed by atoms with van der Waals surface area (Å²) in [6.07, 6.45) is 8.03. The Kier molecular flexibility index (Phi) is 3.77. The number of Topliss-reactive ketones (excluding diaryl/α,β-unsaturated/α-hetero) is 1. The molecule has 0 radical (unpaired) electrons. The summed E-state index contributed by atoms with van der Waals surface area (Å²) in [5, 5.41) is 0. The number of carbonyl (C=O) groups excluding carboxylic acids is 1. The molecule has 1 fully saturated rings. The molecule has 1 saturated carbocycles. The molecule has 1 atom stereocenters. The number of hydrogen-bond acceptors (Lipinski definition) is 1. The Labute approximate surface area is 75.5 Å². The first-order valence-corrected chi connectivity index (χ1v) is 5.20. The highest BCUT2D eigenvalue weighted by Gasteiger charge is 2.18. The largest absolute Gasteiger partial charge is 0.300 e. The van der Waals surface area contributed by atoms with Crippen LogP contribution in [-0.2, 0) is 4.79 Å². The molecule has 0 aromatic rings. The van der Waals surface area contributed by atoms with Crippen LogP contribution in [0.1, 0.15) is 52.4 Å². The molecule has 0 amide bonds. The van der Waals surface area contributed by atoms with Gasteiger partial charge < -0.3 is 0 Å². The molecule has 1 nitrogen and oxygen atoms in total. The molecule has 1 aliphatic carbocycles. The Bertz CT molecular complexity index is 145. The average molecular weight is 168 g/mol. The first-order chi connectivity index (χ1) is 5.70. The molecule has 0 aromatic carbocycles. The fraction of sp³-hybridized carbons (Fsp3) is 0.909. The van der Waals surface area contributed by atoms with Gasteiger partial charge in [0.1, 0.15) is 5.78 Å². The standard InChI is InChI=1S/C11H20O/c1-9(10(2)12)8-11-6-4-3-5-7-11/h9,11H,3-8H2,1-2H3/t9-/m0/s1. The second-order valence-corrected chi connectivity index (χ2v) is 4.25. The minimum absolute atomic E-state index is 0.299. The van der Waals surface area contributed by atoms with Gasteiger partial charge in [0.05, 0.1) is 0 Å². The van der Waals surface area contributed by atoms with Crippen LogP contribution >= 0.6 is 0 Å². The van der Waals surface area contributed by atoms with Crippen molar-refractivity contribution in [2.75, 3.05) is 0 Å². The Morgan fingerprint density at radius 1 is 1.33 bits per heavy atom. The molecule has 0 N–H and O–H groups in total. The molecule has 0 unspecified atom stereocenters. The monoisotopic (exact) mass is 168 g/mol. The summed E-state index contributed by atoms with van der Waals surface area (Å²) < 4.78 is 0. The zero-order chi connectivity index (χ0) is 8.97. The summed E-state index contributed by atoms with van der Waals surface area (Å²) in [7, 11) is 0. The van der Waals surface area contributed by atoms with Crippen molar-refractivity contribution in [3.8, 4) is 0 Å². The van der Waals surface area contributed by atoms with Crippen LogP contribution in [0.2, 0.25) is 0 Å². The van der Waals surface area contributed by atoms with Gasteiger partial charge in [0.25, 0.3) is 0 Å². The molecule has 12 heavy (non-hydrogen) atoms. The van der Waals surface area contributed by atoms with Crippen LogP contribution in [0.25, 0.3) is 0 Å². The van der Waals surface area contributed by atoms with Crippen LogP contribution in [0.15, 0.2) is 0 Å². The predicted octanol–water partition coefficient (Wildman–Crippen LogP) is 3.18. The van der Waals surface area contributed by atoms with Crippen molar-refractivity contribution in [1.82, 2.24) is 0 Å². The van der Waals surface area contributed by atoms with Crippen LogP contribution in [-0.4, -0.2) is 5.78 Å². The molecule has 1 aliphatic rings. The summed E-state index contributed by atoms with van der Waals surface area (Å²) in [5.41, 5.74) is 0. The second-order valence-electron chi connectivity index (χ2n) is 4.25. The lowest BCUT2D eigenvalue weighted by Gasteiger charge is -2.23. The highest BCUT2D eigenvalue weighted by molar-refractivity contribution is 5.77. The third kappa shape index (κ3) is 2.96. The summed E-state index contributed by atoms with van der Waals surface area (Å²) in [5.74, 6) is 1.51. The van der Waals surface area contributed by atoms with Crippen LogP contribution in [0.4, 0.5) is 0 Å². The Balaban J connectivity index is 2.24. The molecule has 1 heteroatoms. The normalized spacial score (nSPS) is 22.2. The van der Waals surface area contributed by atoms with Gasteiger partial charge >= 0.3 is 0 Å². The lowest BCUT2D eigenvalue weighted by Crippen LogP contribution is -2.15. The molecule has 0 heterocycles. The van der Waals surface area contributed by atoms with Crippen molar-refractivity contribution in [2.24, 2.45) is 11.8 Å². The smallest absolute Gasteiger partial charge is 0.132 e. The molecule has 0 aromatic heterocycles. The second kappa shape index (κ2) is 4.64. The van der Waals surface area contributed by atoms with E-state index in [1.807, 2.05) is 0 Å². The maximum Gasteiger partial charge on any atom is 0.132 e. The third-order valence-corrected chi connectivity index (χ3v) is 3.11. The molecule has 0 saturated heterocycles. The zero-order valence-electron chi connectivity index (χ0n) is 8.31. The van der Waals surface area contributed by atoms with E-state index in [2.05, 4.69) is 6.92 Å². The molecular weight excluding hydrogens is 148 g/mol. The maximum atomic E-state index is 11.0. The Morgan fingerprint density at radius 3 is 2.42 bits per heavy atom. The Morgan fingerprint density at radius 2 is 1.92 bits per heavy atom. The van der Waals surface area contributed by atoms with Gasteiger partial charge in [-0.05, 0) is 19.3 Å². The highest BCUT2D eigenvalue weighted by Crippen LogP contribution is 2.29. The summed E-state index contributed by atoms with van der Waals surface area (Å²) >= 11 is 0. The molecule has 70 valence electrons. The number of ketones is 1. The summed E-state index contributed by atoms with van der Waals surface area (Å²) in [6.45, 7) is 3.78. The quantitative estimate of drug-likeness (QED) is 0.632. The molecule has 1 rings (SSSR count). The minimum atomic E-state index is 0.299. The van der Waals surface area contributed by atoms with E-state index in [-0.39, 0.29) is 0 Å². The van der Waals surface area contributed by atoms with Crippen LogP contribution < -0.4 is 0 Å². The Hall–Kier alpha value is -0.330. The number of rotatable bonds is 3. The zero-order valence-corrected chi connectivity index (χ0v) is 8.31. The van der Waals surface area contributed by atoms with Crippen molar-refractivity contribution in [2.45, 2.75) is 52.4 Å². The lowest BCUT2D eigenvalue weighted by molar-refractivity contribution is -0.120. The van der Waals surface area contributed by atoms with E-state index in [0.29, 0.717) is 11.7 Å². The average Bonchev–Trinajstić information content (AvgIpc) is 2.06. The van der Waals surface area contributed by atoms with Crippen LogP contribution in [0.3, 0.4) is 0 Å². The topological polar surface area (TPSA) is 17.1 Å². The SMILES string of the molecule is CC(=O)[C@@H](C)CC1CCCCC1. The van der Waals surface area contributed by atoms with Crippen molar-refractivity contribution in [3.63, 3.8) is 0 Å². The number of hydrogen-bond donors (Lipinski definition) is 0. The fourth-order valence-corrected chi connectivity index (χ4v) is 2.09. The first-order valence-electron chi connectivity index (χ1n) is 5.20. The van der Waals surface area contributed by atoms with Gasteiger partial charge in [-0.15, -0.1) is 0 Å². The summed E-state index contributed by atoms with van der Waals surface area (Å²) in [4.78, 5) is 11.0. The van der Waals surface area contributed by atoms with Gasteiger partial charge in [0.2, 0.25) is 0 Å². The first kappa shape index (κ1) is 9.76. The van der Waals surface area contributed by atoms with E-state index in [0.717, 1.165) is 12.3 Å². The van der Waals surface area contributed by atoms with E-state index in [4.69, 9.17) is 0 Å². The predicted molar refractivity (Wildman–Crippen MR) is 51.0 cm³/mol. The number of carbonyl (C=O) groups is 1. The molecule has 0 aliphatic heterocycles. The van der Waals surface area contributed by atoms with Gasteiger partial charge in [-0.3, -0.25) is 4.79 Å². The summed E-state index contributed by atoms with van der Waals surface area (Å²) in [6, 6.07) is 0. The van der Waals surface area contributed by atoms with E-state index in [1.54, 1.807) is 6.92 Å². The van der Waals surface area contributed by atoms with E-state index < -0.39 is 0 Å². The van der Waals surface area contributed by atoms with Gasteiger partial charge in [-0.25, -0.2) is 0 Å². The highest BCUT2D eigenvalue weighted by atomic mass is 16.1. The van der Waals surface area contributed by atoms with Crippen molar-refractivity contribution < 1.29 is 4.79 Å². The van der Waals surface area contributed by atoms with Crippen molar-refractivity contribution in [1.29, 1.82) is 0 Å². The molecule has 0 spiro atoms. The minimum Gasteiger partial charge on any atom is -0.300 e. The van der Waals surface area contributed by atoms with Gasteiger partial charge in [0, 0.05) is 5.92 Å². The van der Waals surface area contributed by atoms with Crippen LogP contribution in [0.5, 0.6) is 0 Å². The van der Waals surface area contributed by atoms with Gasteiger partial charge in [0.15, 0.2) is 0 Å². The van der Waals surface area contributed by atoms with Crippen LogP contribution in [0, 0.1) is 11.8 Å². The van der Waals surface area contributed by atoms with E-state index >= 15 is 0 Å². The van der Waals surface area contributed by atoms with Crippen molar-refractivity contribution >= 4 is 5.78 Å². The maximum absolute atomic E-state index is 11.0. The fourth-order valence-electron chi connectivity index (χ4n) is 2.09. The van der Waals surface area contributed by atoms with E-state index in [1.165, 1.54) is 32.1 Å².